The lowest BCUT2D eigenvalue weighted by Gasteiger charge is -2.38. The number of hydrogen-bond acceptors (Lipinski definition) is 2. The Morgan fingerprint density at radius 1 is 1.24 bits per heavy atom. The second-order valence-corrected chi connectivity index (χ2v) is 5.43. The summed E-state index contributed by atoms with van der Waals surface area (Å²) in [5.41, 5.74) is 0. The molecule has 0 spiro atoms. The Morgan fingerprint density at radius 3 is 2.29 bits per heavy atom. The van der Waals surface area contributed by atoms with E-state index in [4.69, 9.17) is 5.11 Å². The van der Waals surface area contributed by atoms with Gasteiger partial charge in [0.15, 0.2) is 0 Å². The lowest BCUT2D eigenvalue weighted by molar-refractivity contribution is -0.150. The van der Waals surface area contributed by atoms with Crippen LogP contribution in [-0.2, 0) is 9.59 Å². The van der Waals surface area contributed by atoms with Gasteiger partial charge in [-0.15, -0.1) is 0 Å². The minimum absolute atomic E-state index is 0.0145. The number of carboxylic acids is 1. The lowest BCUT2D eigenvalue weighted by Crippen LogP contribution is -2.48. The van der Waals surface area contributed by atoms with Gasteiger partial charge in [0.05, 0.1) is 5.92 Å². The van der Waals surface area contributed by atoms with E-state index in [0.717, 1.165) is 19.4 Å². The van der Waals surface area contributed by atoms with Crippen LogP contribution in [0.15, 0.2) is 0 Å². The van der Waals surface area contributed by atoms with E-state index < -0.39 is 17.8 Å². The number of aliphatic carboxylic acids is 1. The van der Waals surface area contributed by atoms with Crippen LogP contribution in [0, 0.1) is 17.8 Å². The Hall–Kier alpha value is -1.06. The van der Waals surface area contributed by atoms with Gasteiger partial charge in [-0.3, -0.25) is 9.59 Å². The average molecular weight is 241 g/mol. The van der Waals surface area contributed by atoms with Crippen LogP contribution in [0.1, 0.15) is 40.5 Å². The third-order valence-corrected chi connectivity index (χ3v) is 3.95. The van der Waals surface area contributed by atoms with Crippen LogP contribution in [0.25, 0.3) is 0 Å². The van der Waals surface area contributed by atoms with E-state index in [-0.39, 0.29) is 11.9 Å². The van der Waals surface area contributed by atoms with Crippen LogP contribution in [0.4, 0.5) is 0 Å². The summed E-state index contributed by atoms with van der Waals surface area (Å²) in [5, 5.41) is 8.94. The summed E-state index contributed by atoms with van der Waals surface area (Å²) in [4.78, 5) is 25.0. The molecule has 17 heavy (non-hydrogen) atoms. The van der Waals surface area contributed by atoms with Gasteiger partial charge >= 0.3 is 5.97 Å². The Bertz CT molecular complexity index is 303. The van der Waals surface area contributed by atoms with Crippen molar-refractivity contribution >= 4 is 11.9 Å². The molecular weight excluding hydrogens is 218 g/mol. The minimum Gasteiger partial charge on any atom is -0.481 e. The van der Waals surface area contributed by atoms with Crippen molar-refractivity contribution in [1.82, 2.24) is 4.90 Å². The maximum Gasteiger partial charge on any atom is 0.307 e. The second-order valence-electron chi connectivity index (χ2n) is 5.43. The highest BCUT2D eigenvalue weighted by molar-refractivity contribution is 5.84. The zero-order valence-corrected chi connectivity index (χ0v) is 11.1. The molecule has 98 valence electrons. The molecule has 1 saturated heterocycles. The van der Waals surface area contributed by atoms with Gasteiger partial charge in [-0.05, 0) is 25.7 Å². The van der Waals surface area contributed by atoms with Crippen LogP contribution in [0.5, 0.6) is 0 Å². The van der Waals surface area contributed by atoms with Gasteiger partial charge in [0.25, 0.3) is 0 Å². The summed E-state index contributed by atoms with van der Waals surface area (Å²) in [6, 6.07) is 0.231. The lowest BCUT2D eigenvalue weighted by atomic mass is 9.89. The van der Waals surface area contributed by atoms with E-state index in [1.165, 1.54) is 0 Å². The fourth-order valence-electron chi connectivity index (χ4n) is 2.42. The van der Waals surface area contributed by atoms with Gasteiger partial charge in [-0.1, -0.05) is 20.8 Å². The zero-order chi connectivity index (χ0) is 13.2. The van der Waals surface area contributed by atoms with Crippen LogP contribution >= 0.6 is 0 Å². The van der Waals surface area contributed by atoms with Crippen LogP contribution in [0.2, 0.25) is 0 Å². The van der Waals surface area contributed by atoms with Crippen molar-refractivity contribution in [1.29, 1.82) is 0 Å². The third kappa shape index (κ3) is 3.20. The summed E-state index contributed by atoms with van der Waals surface area (Å²) < 4.78 is 0. The van der Waals surface area contributed by atoms with Crippen molar-refractivity contribution < 1.29 is 14.7 Å². The molecule has 1 heterocycles. The van der Waals surface area contributed by atoms with E-state index in [9.17, 15) is 9.59 Å². The van der Waals surface area contributed by atoms with Crippen molar-refractivity contribution in [2.24, 2.45) is 17.8 Å². The molecule has 4 heteroatoms. The maximum atomic E-state index is 12.2. The first kappa shape index (κ1) is 14.0. The molecule has 0 aromatic rings. The van der Waals surface area contributed by atoms with Crippen molar-refractivity contribution in [2.45, 2.75) is 46.6 Å². The standard InChI is InChI=1S/C13H23NO3/c1-8-5-6-14(9(2)7-8)12(15)10(3)11(4)13(16)17/h8-11H,5-7H2,1-4H3,(H,16,17). The SMILES string of the molecule is CC1CCN(C(=O)C(C)C(C)C(=O)O)C(C)C1. The smallest absolute Gasteiger partial charge is 0.307 e. The number of piperidine rings is 1. The molecule has 1 aliphatic heterocycles. The number of carboxylic acid groups (broad SMARTS) is 1. The van der Waals surface area contributed by atoms with Gasteiger partial charge in [-0.2, -0.15) is 0 Å². The van der Waals surface area contributed by atoms with Gasteiger partial charge in [-0.25, -0.2) is 0 Å². The number of amides is 1. The second kappa shape index (κ2) is 5.52. The molecular formula is C13H23NO3. The van der Waals surface area contributed by atoms with Crippen molar-refractivity contribution in [3.05, 3.63) is 0 Å². The molecule has 0 radical (unpaired) electrons. The van der Waals surface area contributed by atoms with E-state index >= 15 is 0 Å². The summed E-state index contributed by atoms with van der Waals surface area (Å²) in [6.45, 7) is 8.32. The monoisotopic (exact) mass is 241 g/mol. The predicted octanol–water partition coefficient (Wildman–Crippen LogP) is 1.99. The Balaban J connectivity index is 2.66. The van der Waals surface area contributed by atoms with E-state index in [0.29, 0.717) is 5.92 Å². The Labute approximate surface area is 103 Å². The number of likely N-dealkylation sites (tertiary alicyclic amines) is 1. The van der Waals surface area contributed by atoms with Crippen LogP contribution in [-0.4, -0.2) is 34.5 Å². The number of nitrogens with zero attached hydrogens (tertiary/aromatic N) is 1. The molecule has 0 bridgehead atoms. The van der Waals surface area contributed by atoms with Crippen molar-refractivity contribution in [3.63, 3.8) is 0 Å². The molecule has 1 rings (SSSR count). The molecule has 0 aromatic carbocycles. The molecule has 1 aliphatic rings. The largest absolute Gasteiger partial charge is 0.481 e. The molecule has 0 aliphatic carbocycles. The molecule has 4 nitrogen and oxygen atoms in total. The molecule has 1 amide bonds. The van der Waals surface area contributed by atoms with Crippen molar-refractivity contribution in [3.8, 4) is 0 Å². The predicted molar refractivity (Wildman–Crippen MR) is 65.5 cm³/mol. The number of rotatable bonds is 3. The number of carbonyl (C=O) groups is 2. The summed E-state index contributed by atoms with van der Waals surface area (Å²) in [5.74, 6) is -1.32. The van der Waals surface area contributed by atoms with Crippen molar-refractivity contribution in [2.75, 3.05) is 6.54 Å². The molecule has 0 saturated carbocycles. The summed E-state index contributed by atoms with van der Waals surface area (Å²) in [6.07, 6.45) is 2.03. The topological polar surface area (TPSA) is 57.6 Å². The summed E-state index contributed by atoms with van der Waals surface area (Å²) in [7, 11) is 0. The Kier molecular flexibility index (Phi) is 4.54. The fraction of sp³-hybridized carbons (Fsp3) is 0.846. The quantitative estimate of drug-likeness (QED) is 0.822. The number of carbonyl (C=O) groups excluding carboxylic acids is 1. The van der Waals surface area contributed by atoms with E-state index in [2.05, 4.69) is 6.92 Å². The molecule has 1 fully saturated rings. The molecule has 1 N–H and O–H groups in total. The van der Waals surface area contributed by atoms with Gasteiger partial charge < -0.3 is 10.0 Å². The first-order valence-electron chi connectivity index (χ1n) is 6.37. The van der Waals surface area contributed by atoms with E-state index in [1.54, 1.807) is 13.8 Å². The fourth-order valence-corrected chi connectivity index (χ4v) is 2.42. The summed E-state index contributed by atoms with van der Waals surface area (Å²) >= 11 is 0. The Morgan fingerprint density at radius 2 is 1.82 bits per heavy atom. The highest BCUT2D eigenvalue weighted by atomic mass is 16.4. The molecule has 4 atom stereocenters. The van der Waals surface area contributed by atoms with Gasteiger partial charge in [0.2, 0.25) is 5.91 Å². The maximum absolute atomic E-state index is 12.2. The van der Waals surface area contributed by atoms with Crippen LogP contribution < -0.4 is 0 Å². The van der Waals surface area contributed by atoms with Gasteiger partial charge in [0.1, 0.15) is 0 Å². The molecule has 4 unspecified atom stereocenters. The first-order chi connectivity index (χ1) is 7.84. The third-order valence-electron chi connectivity index (χ3n) is 3.95. The molecule has 0 aromatic heterocycles. The van der Waals surface area contributed by atoms with E-state index in [1.807, 2.05) is 11.8 Å². The highest BCUT2D eigenvalue weighted by Gasteiger charge is 2.33. The highest BCUT2D eigenvalue weighted by Crippen LogP contribution is 2.25. The normalized spacial score (nSPS) is 28.6. The minimum atomic E-state index is -0.899. The number of hydrogen-bond donors (Lipinski definition) is 1. The zero-order valence-electron chi connectivity index (χ0n) is 11.1. The first-order valence-corrected chi connectivity index (χ1v) is 6.37. The average Bonchev–Trinajstić information content (AvgIpc) is 2.26. The van der Waals surface area contributed by atoms with Gasteiger partial charge in [0, 0.05) is 18.5 Å². The van der Waals surface area contributed by atoms with Crippen LogP contribution in [0.3, 0.4) is 0 Å².